The lowest BCUT2D eigenvalue weighted by Gasteiger charge is -2.10. The minimum absolute atomic E-state index is 0.958. The van der Waals surface area contributed by atoms with Gasteiger partial charge in [-0.05, 0) is 58.7 Å². The first kappa shape index (κ1) is 11.6. The second kappa shape index (κ2) is 4.65. The molecule has 3 rings (SSSR count). The quantitative estimate of drug-likeness (QED) is 0.702. The number of hydrogen-bond donors (Lipinski definition) is 0. The summed E-state index contributed by atoms with van der Waals surface area (Å²) >= 11 is 0. The van der Waals surface area contributed by atoms with Crippen molar-refractivity contribution in [3.63, 3.8) is 0 Å². The predicted octanol–water partition coefficient (Wildman–Crippen LogP) is 2.95. The maximum atomic E-state index is 3.88. The molecule has 0 aliphatic rings. The molecule has 0 spiro atoms. The summed E-state index contributed by atoms with van der Waals surface area (Å²) in [6.45, 7) is 4.27. The standard InChI is InChI=1S/C15H14N4/c1-11-4-3-5-12(2)15(11)13-6-8-14(9-7-13)19-10-16-17-18-19/h3-10H,1-2H3. The van der Waals surface area contributed by atoms with Gasteiger partial charge in [-0.15, -0.1) is 5.10 Å². The van der Waals surface area contributed by atoms with Gasteiger partial charge in [0.05, 0.1) is 5.69 Å². The van der Waals surface area contributed by atoms with Gasteiger partial charge < -0.3 is 0 Å². The fraction of sp³-hybridized carbons (Fsp3) is 0.133. The molecule has 0 fully saturated rings. The first-order chi connectivity index (χ1) is 9.25. The molecule has 94 valence electrons. The second-order valence-corrected chi connectivity index (χ2v) is 4.57. The minimum Gasteiger partial charge on any atom is -0.201 e. The third-order valence-corrected chi connectivity index (χ3v) is 3.25. The highest BCUT2D eigenvalue weighted by atomic mass is 15.5. The van der Waals surface area contributed by atoms with Crippen LogP contribution in [-0.4, -0.2) is 20.2 Å². The molecule has 0 radical (unpaired) electrons. The molecule has 0 atom stereocenters. The molecule has 0 amide bonds. The van der Waals surface area contributed by atoms with Crippen LogP contribution in [0.5, 0.6) is 0 Å². The molecule has 0 N–H and O–H groups in total. The van der Waals surface area contributed by atoms with Gasteiger partial charge in [0.25, 0.3) is 0 Å². The van der Waals surface area contributed by atoms with Crippen molar-refractivity contribution in [1.82, 2.24) is 20.2 Å². The zero-order chi connectivity index (χ0) is 13.2. The summed E-state index contributed by atoms with van der Waals surface area (Å²) in [5.74, 6) is 0. The van der Waals surface area contributed by atoms with Crippen LogP contribution in [0.1, 0.15) is 11.1 Å². The van der Waals surface area contributed by atoms with Crippen molar-refractivity contribution in [3.8, 4) is 16.8 Å². The van der Waals surface area contributed by atoms with E-state index < -0.39 is 0 Å². The zero-order valence-electron chi connectivity index (χ0n) is 10.9. The van der Waals surface area contributed by atoms with Crippen LogP contribution in [-0.2, 0) is 0 Å². The molecule has 4 nitrogen and oxygen atoms in total. The summed E-state index contributed by atoms with van der Waals surface area (Å²) in [5.41, 5.74) is 6.04. The largest absolute Gasteiger partial charge is 0.201 e. The van der Waals surface area contributed by atoms with E-state index in [0.717, 1.165) is 5.69 Å². The Bertz CT molecular complexity index is 664. The van der Waals surface area contributed by atoms with Crippen LogP contribution < -0.4 is 0 Å². The summed E-state index contributed by atoms with van der Waals surface area (Å²) in [5, 5.41) is 11.2. The maximum absolute atomic E-state index is 3.88. The average Bonchev–Trinajstić information content (AvgIpc) is 2.93. The molecule has 2 aromatic carbocycles. The molecule has 0 aliphatic heterocycles. The van der Waals surface area contributed by atoms with E-state index in [-0.39, 0.29) is 0 Å². The van der Waals surface area contributed by atoms with Gasteiger partial charge in [0.2, 0.25) is 0 Å². The van der Waals surface area contributed by atoms with E-state index in [1.165, 1.54) is 22.3 Å². The van der Waals surface area contributed by atoms with Gasteiger partial charge in [0.15, 0.2) is 0 Å². The van der Waals surface area contributed by atoms with Crippen LogP contribution >= 0.6 is 0 Å². The molecule has 0 saturated carbocycles. The molecule has 19 heavy (non-hydrogen) atoms. The summed E-state index contributed by atoms with van der Waals surface area (Å²) in [7, 11) is 0. The van der Waals surface area contributed by atoms with Crippen molar-refractivity contribution in [2.75, 3.05) is 0 Å². The molecule has 1 heterocycles. The Balaban J connectivity index is 2.04. The van der Waals surface area contributed by atoms with Crippen LogP contribution in [0.3, 0.4) is 0 Å². The van der Waals surface area contributed by atoms with E-state index in [1.807, 2.05) is 12.1 Å². The molecular weight excluding hydrogens is 236 g/mol. The maximum Gasteiger partial charge on any atom is 0.143 e. The lowest BCUT2D eigenvalue weighted by Crippen LogP contribution is -1.95. The Kier molecular flexibility index (Phi) is 2.83. The lowest BCUT2D eigenvalue weighted by atomic mass is 9.96. The van der Waals surface area contributed by atoms with Crippen molar-refractivity contribution in [3.05, 3.63) is 59.9 Å². The number of hydrogen-bond acceptors (Lipinski definition) is 3. The molecule has 1 aromatic heterocycles. The Hall–Kier alpha value is -2.49. The molecule has 0 aliphatic carbocycles. The van der Waals surface area contributed by atoms with Crippen LogP contribution in [0.2, 0.25) is 0 Å². The van der Waals surface area contributed by atoms with Crippen molar-refractivity contribution in [1.29, 1.82) is 0 Å². The van der Waals surface area contributed by atoms with Gasteiger partial charge >= 0.3 is 0 Å². The number of tetrazole rings is 1. The van der Waals surface area contributed by atoms with E-state index >= 15 is 0 Å². The number of aryl methyl sites for hydroxylation is 2. The van der Waals surface area contributed by atoms with Crippen molar-refractivity contribution < 1.29 is 0 Å². The Morgan fingerprint density at radius 3 is 2.16 bits per heavy atom. The Morgan fingerprint density at radius 1 is 0.895 bits per heavy atom. The van der Waals surface area contributed by atoms with Gasteiger partial charge in [-0.2, -0.15) is 0 Å². The molecule has 4 heteroatoms. The van der Waals surface area contributed by atoms with Crippen LogP contribution in [0.25, 0.3) is 16.8 Å². The fourth-order valence-corrected chi connectivity index (χ4v) is 2.33. The van der Waals surface area contributed by atoms with E-state index in [2.05, 4.69) is 59.7 Å². The molecule has 0 saturated heterocycles. The highest BCUT2D eigenvalue weighted by Gasteiger charge is 2.05. The van der Waals surface area contributed by atoms with Crippen molar-refractivity contribution in [2.24, 2.45) is 0 Å². The summed E-state index contributed by atoms with van der Waals surface area (Å²) in [6.07, 6.45) is 1.59. The first-order valence-corrected chi connectivity index (χ1v) is 6.16. The van der Waals surface area contributed by atoms with Gasteiger partial charge in [-0.3, -0.25) is 0 Å². The third kappa shape index (κ3) is 2.12. The van der Waals surface area contributed by atoms with Crippen molar-refractivity contribution >= 4 is 0 Å². The monoisotopic (exact) mass is 250 g/mol. The van der Waals surface area contributed by atoms with E-state index in [0.29, 0.717) is 0 Å². The highest BCUT2D eigenvalue weighted by molar-refractivity contribution is 5.71. The molecule has 0 bridgehead atoms. The van der Waals surface area contributed by atoms with Gasteiger partial charge in [0, 0.05) is 0 Å². The molecule has 3 aromatic rings. The number of rotatable bonds is 2. The van der Waals surface area contributed by atoms with Gasteiger partial charge in [-0.1, -0.05) is 30.3 Å². The Morgan fingerprint density at radius 2 is 1.58 bits per heavy atom. The van der Waals surface area contributed by atoms with Crippen molar-refractivity contribution in [2.45, 2.75) is 13.8 Å². The third-order valence-electron chi connectivity index (χ3n) is 3.25. The zero-order valence-corrected chi connectivity index (χ0v) is 10.9. The first-order valence-electron chi connectivity index (χ1n) is 6.16. The predicted molar refractivity (Wildman–Crippen MR) is 74.1 cm³/mol. The minimum atomic E-state index is 0.958. The number of nitrogens with zero attached hydrogens (tertiary/aromatic N) is 4. The van der Waals surface area contributed by atoms with Crippen LogP contribution in [0.15, 0.2) is 48.8 Å². The summed E-state index contributed by atoms with van der Waals surface area (Å²) in [6, 6.07) is 14.6. The second-order valence-electron chi connectivity index (χ2n) is 4.57. The molecular formula is C15H14N4. The fourth-order valence-electron chi connectivity index (χ4n) is 2.33. The van der Waals surface area contributed by atoms with Crippen LogP contribution in [0, 0.1) is 13.8 Å². The summed E-state index contributed by atoms with van der Waals surface area (Å²) < 4.78 is 1.65. The topological polar surface area (TPSA) is 43.6 Å². The van der Waals surface area contributed by atoms with E-state index in [4.69, 9.17) is 0 Å². The molecule has 0 unspecified atom stereocenters. The number of aromatic nitrogens is 4. The normalized spacial score (nSPS) is 10.6. The smallest absolute Gasteiger partial charge is 0.143 e. The number of benzene rings is 2. The van der Waals surface area contributed by atoms with Crippen LogP contribution in [0.4, 0.5) is 0 Å². The highest BCUT2D eigenvalue weighted by Crippen LogP contribution is 2.27. The Labute approximate surface area is 111 Å². The van der Waals surface area contributed by atoms with E-state index in [9.17, 15) is 0 Å². The lowest BCUT2D eigenvalue weighted by molar-refractivity contribution is 0.789. The van der Waals surface area contributed by atoms with Gasteiger partial charge in [0.1, 0.15) is 6.33 Å². The SMILES string of the molecule is Cc1cccc(C)c1-c1ccc(-n2cnnn2)cc1. The average molecular weight is 250 g/mol. The van der Waals surface area contributed by atoms with E-state index in [1.54, 1.807) is 11.0 Å². The summed E-state index contributed by atoms with van der Waals surface area (Å²) in [4.78, 5) is 0. The van der Waals surface area contributed by atoms with Gasteiger partial charge in [-0.25, -0.2) is 4.68 Å².